The van der Waals surface area contributed by atoms with Crippen molar-refractivity contribution < 1.29 is 14.6 Å². The molecule has 0 aromatic heterocycles. The molecular weight excluding hydrogens is 256 g/mol. The molecule has 20 heavy (non-hydrogen) atoms. The van der Waals surface area contributed by atoms with Gasteiger partial charge in [-0.3, -0.25) is 4.90 Å². The van der Waals surface area contributed by atoms with Gasteiger partial charge in [0.15, 0.2) is 0 Å². The standard InChI is InChI=1S/C15H16N2O3/c1-10-4-3-5-11(8-10)20-12-6-7-13(16)14(9-12)17(2)15(18)19/h3-9H,16H2,1-2H3,(H,18,19). The van der Waals surface area contributed by atoms with Gasteiger partial charge in [-0.2, -0.15) is 0 Å². The zero-order chi connectivity index (χ0) is 14.7. The van der Waals surface area contributed by atoms with E-state index in [9.17, 15) is 4.79 Å². The van der Waals surface area contributed by atoms with Crippen LogP contribution in [0.25, 0.3) is 0 Å². The first-order chi connectivity index (χ1) is 9.47. The number of carbonyl (C=O) groups is 1. The van der Waals surface area contributed by atoms with E-state index in [0.29, 0.717) is 22.9 Å². The van der Waals surface area contributed by atoms with Crippen molar-refractivity contribution in [3.05, 3.63) is 48.0 Å². The van der Waals surface area contributed by atoms with Gasteiger partial charge in [0.1, 0.15) is 11.5 Å². The fourth-order valence-electron chi connectivity index (χ4n) is 1.80. The van der Waals surface area contributed by atoms with E-state index in [2.05, 4.69) is 0 Å². The molecule has 5 nitrogen and oxygen atoms in total. The molecule has 5 heteroatoms. The molecule has 0 unspecified atom stereocenters. The summed E-state index contributed by atoms with van der Waals surface area (Å²) < 4.78 is 5.71. The third kappa shape index (κ3) is 3.00. The van der Waals surface area contributed by atoms with Crippen molar-refractivity contribution in [1.29, 1.82) is 0 Å². The second kappa shape index (κ2) is 5.52. The molecule has 0 radical (unpaired) electrons. The number of benzene rings is 2. The number of nitrogen functional groups attached to an aromatic ring is 1. The quantitative estimate of drug-likeness (QED) is 0.839. The Morgan fingerprint density at radius 2 is 1.90 bits per heavy atom. The van der Waals surface area contributed by atoms with Crippen LogP contribution in [0.3, 0.4) is 0 Å². The van der Waals surface area contributed by atoms with E-state index < -0.39 is 6.09 Å². The molecule has 0 aliphatic rings. The lowest BCUT2D eigenvalue weighted by molar-refractivity contribution is 0.203. The molecule has 0 saturated carbocycles. The summed E-state index contributed by atoms with van der Waals surface area (Å²) in [5, 5.41) is 9.01. The summed E-state index contributed by atoms with van der Waals surface area (Å²) in [6.45, 7) is 1.97. The fraction of sp³-hybridized carbons (Fsp3) is 0.133. The Hall–Kier alpha value is -2.69. The SMILES string of the molecule is Cc1cccc(Oc2ccc(N)c(N(C)C(=O)O)c2)c1. The van der Waals surface area contributed by atoms with E-state index in [4.69, 9.17) is 15.6 Å². The molecule has 1 amide bonds. The predicted octanol–water partition coefficient (Wildman–Crippen LogP) is 3.48. The van der Waals surface area contributed by atoms with Crippen LogP contribution in [0.2, 0.25) is 0 Å². The number of nitrogens with two attached hydrogens (primary N) is 1. The van der Waals surface area contributed by atoms with E-state index in [-0.39, 0.29) is 0 Å². The smallest absolute Gasteiger partial charge is 0.411 e. The highest BCUT2D eigenvalue weighted by molar-refractivity contribution is 5.90. The zero-order valence-corrected chi connectivity index (χ0v) is 11.3. The van der Waals surface area contributed by atoms with E-state index in [1.165, 1.54) is 7.05 Å². The Labute approximate surface area is 117 Å². The minimum absolute atomic E-state index is 0.381. The third-order valence-electron chi connectivity index (χ3n) is 2.88. The van der Waals surface area contributed by atoms with Gasteiger partial charge in [0.25, 0.3) is 0 Å². The number of nitrogens with zero attached hydrogens (tertiary/aromatic N) is 1. The van der Waals surface area contributed by atoms with Gasteiger partial charge in [-0.15, -0.1) is 0 Å². The first-order valence-corrected chi connectivity index (χ1v) is 6.08. The Morgan fingerprint density at radius 1 is 1.20 bits per heavy atom. The summed E-state index contributed by atoms with van der Waals surface area (Å²) in [6.07, 6.45) is -1.08. The maximum absolute atomic E-state index is 11.0. The van der Waals surface area contributed by atoms with Crippen molar-refractivity contribution in [2.24, 2.45) is 0 Å². The molecule has 0 aliphatic carbocycles. The molecule has 0 spiro atoms. The predicted molar refractivity (Wildman–Crippen MR) is 78.5 cm³/mol. The van der Waals surface area contributed by atoms with Gasteiger partial charge in [0.2, 0.25) is 0 Å². The first kappa shape index (κ1) is 13.7. The molecule has 2 rings (SSSR count). The number of anilines is 2. The molecule has 0 heterocycles. The lowest BCUT2D eigenvalue weighted by Crippen LogP contribution is -2.24. The lowest BCUT2D eigenvalue weighted by Gasteiger charge is -2.17. The summed E-state index contributed by atoms with van der Waals surface area (Å²) in [6, 6.07) is 12.5. The Morgan fingerprint density at radius 3 is 2.55 bits per heavy atom. The third-order valence-corrected chi connectivity index (χ3v) is 2.88. The number of rotatable bonds is 3. The van der Waals surface area contributed by atoms with Crippen molar-refractivity contribution in [2.45, 2.75) is 6.92 Å². The fourth-order valence-corrected chi connectivity index (χ4v) is 1.80. The van der Waals surface area contributed by atoms with Crippen LogP contribution in [0.5, 0.6) is 11.5 Å². The van der Waals surface area contributed by atoms with Crippen molar-refractivity contribution in [1.82, 2.24) is 0 Å². The van der Waals surface area contributed by atoms with Crippen LogP contribution < -0.4 is 15.4 Å². The molecule has 0 atom stereocenters. The van der Waals surface area contributed by atoms with Crippen molar-refractivity contribution in [3.8, 4) is 11.5 Å². The second-order valence-electron chi connectivity index (χ2n) is 4.48. The molecule has 3 N–H and O–H groups in total. The number of ether oxygens (including phenoxy) is 1. The van der Waals surface area contributed by atoms with Crippen LogP contribution in [-0.2, 0) is 0 Å². The monoisotopic (exact) mass is 272 g/mol. The highest BCUT2D eigenvalue weighted by Gasteiger charge is 2.13. The minimum atomic E-state index is -1.08. The highest BCUT2D eigenvalue weighted by atomic mass is 16.5. The molecule has 2 aromatic carbocycles. The Balaban J connectivity index is 2.30. The number of hydrogen-bond donors (Lipinski definition) is 2. The number of aryl methyl sites for hydroxylation is 1. The average Bonchev–Trinajstić information content (AvgIpc) is 2.40. The van der Waals surface area contributed by atoms with E-state index in [0.717, 1.165) is 10.5 Å². The van der Waals surface area contributed by atoms with Crippen molar-refractivity contribution in [2.75, 3.05) is 17.7 Å². The molecular formula is C15H16N2O3. The Bertz CT molecular complexity index is 641. The van der Waals surface area contributed by atoms with Crippen LogP contribution >= 0.6 is 0 Å². The lowest BCUT2D eigenvalue weighted by atomic mass is 10.2. The van der Waals surface area contributed by atoms with Crippen LogP contribution in [0.4, 0.5) is 16.2 Å². The van der Waals surface area contributed by atoms with E-state index >= 15 is 0 Å². The normalized spacial score (nSPS) is 10.1. The maximum Gasteiger partial charge on any atom is 0.411 e. The number of hydrogen-bond acceptors (Lipinski definition) is 3. The first-order valence-electron chi connectivity index (χ1n) is 6.08. The second-order valence-corrected chi connectivity index (χ2v) is 4.48. The molecule has 0 fully saturated rings. The molecule has 0 aliphatic heterocycles. The largest absolute Gasteiger partial charge is 0.465 e. The van der Waals surface area contributed by atoms with Crippen molar-refractivity contribution in [3.63, 3.8) is 0 Å². The van der Waals surface area contributed by atoms with Gasteiger partial charge >= 0.3 is 6.09 Å². The van der Waals surface area contributed by atoms with Gasteiger partial charge in [0.05, 0.1) is 11.4 Å². The van der Waals surface area contributed by atoms with Gasteiger partial charge in [0, 0.05) is 13.1 Å². The van der Waals surface area contributed by atoms with Crippen LogP contribution in [0.15, 0.2) is 42.5 Å². The summed E-state index contributed by atoms with van der Waals surface area (Å²) in [5.41, 5.74) is 7.64. The summed E-state index contributed by atoms with van der Waals surface area (Å²) >= 11 is 0. The van der Waals surface area contributed by atoms with Crippen LogP contribution in [0.1, 0.15) is 5.56 Å². The van der Waals surface area contributed by atoms with E-state index in [1.54, 1.807) is 18.2 Å². The molecule has 0 bridgehead atoms. The van der Waals surface area contributed by atoms with Crippen LogP contribution in [-0.4, -0.2) is 18.2 Å². The number of carboxylic acid groups (broad SMARTS) is 1. The minimum Gasteiger partial charge on any atom is -0.465 e. The molecule has 0 saturated heterocycles. The number of amides is 1. The van der Waals surface area contributed by atoms with Gasteiger partial charge in [-0.05, 0) is 36.8 Å². The topological polar surface area (TPSA) is 75.8 Å². The summed E-state index contributed by atoms with van der Waals surface area (Å²) in [4.78, 5) is 12.0. The molecule has 104 valence electrons. The zero-order valence-electron chi connectivity index (χ0n) is 11.3. The van der Waals surface area contributed by atoms with Gasteiger partial charge < -0.3 is 15.6 Å². The van der Waals surface area contributed by atoms with Crippen LogP contribution in [0, 0.1) is 6.92 Å². The maximum atomic E-state index is 11.0. The molecule has 2 aromatic rings. The van der Waals surface area contributed by atoms with E-state index in [1.807, 2.05) is 31.2 Å². The highest BCUT2D eigenvalue weighted by Crippen LogP contribution is 2.30. The van der Waals surface area contributed by atoms with Crippen molar-refractivity contribution >= 4 is 17.5 Å². The van der Waals surface area contributed by atoms with Gasteiger partial charge in [-0.25, -0.2) is 4.79 Å². The Kier molecular flexibility index (Phi) is 3.79. The summed E-state index contributed by atoms with van der Waals surface area (Å²) in [5.74, 6) is 1.23. The van der Waals surface area contributed by atoms with Gasteiger partial charge in [-0.1, -0.05) is 12.1 Å². The summed E-state index contributed by atoms with van der Waals surface area (Å²) in [7, 11) is 1.43. The average molecular weight is 272 g/mol.